The van der Waals surface area contributed by atoms with E-state index in [0.717, 1.165) is 24.0 Å². The molecular weight excluding hydrogens is 350 g/mol. The van der Waals surface area contributed by atoms with E-state index in [1.54, 1.807) is 6.92 Å². The number of hydrogen-bond donors (Lipinski definition) is 1. The predicted molar refractivity (Wildman–Crippen MR) is 99.4 cm³/mol. The summed E-state index contributed by atoms with van der Waals surface area (Å²) in [7, 11) is -3.68. The fourth-order valence-corrected chi connectivity index (χ4v) is 4.15. The van der Waals surface area contributed by atoms with Crippen molar-refractivity contribution in [1.82, 2.24) is 4.72 Å². The zero-order valence-corrected chi connectivity index (χ0v) is 15.8. The first-order chi connectivity index (χ1) is 12.4. The first-order valence-corrected chi connectivity index (χ1v) is 10.2. The number of carbonyl (C=O) groups is 1. The van der Waals surface area contributed by atoms with Gasteiger partial charge in [0.15, 0.2) is 0 Å². The average Bonchev–Trinajstić information content (AvgIpc) is 3.46. The predicted octanol–water partition coefficient (Wildman–Crippen LogP) is 3.60. The number of esters is 1. The van der Waals surface area contributed by atoms with Gasteiger partial charge in [0, 0.05) is 6.04 Å². The van der Waals surface area contributed by atoms with Gasteiger partial charge >= 0.3 is 5.97 Å². The van der Waals surface area contributed by atoms with Gasteiger partial charge in [0.1, 0.15) is 0 Å². The molecule has 1 saturated carbocycles. The monoisotopic (exact) mass is 373 g/mol. The van der Waals surface area contributed by atoms with Gasteiger partial charge in [-0.1, -0.05) is 29.8 Å². The van der Waals surface area contributed by atoms with E-state index in [1.807, 2.05) is 31.2 Å². The van der Waals surface area contributed by atoms with Crippen LogP contribution >= 0.6 is 0 Å². The summed E-state index contributed by atoms with van der Waals surface area (Å²) in [6.45, 7) is 4.01. The first-order valence-electron chi connectivity index (χ1n) is 8.77. The number of aryl methyl sites for hydroxylation is 1. The number of hydrogen-bond acceptors (Lipinski definition) is 4. The number of sulfonamides is 1. The molecule has 0 heterocycles. The highest BCUT2D eigenvalue weighted by atomic mass is 32.2. The third kappa shape index (κ3) is 4.31. The highest BCUT2D eigenvalue weighted by molar-refractivity contribution is 7.89. The highest BCUT2D eigenvalue weighted by Gasteiger charge is 2.35. The van der Waals surface area contributed by atoms with Gasteiger partial charge in [0.2, 0.25) is 10.0 Å². The summed E-state index contributed by atoms with van der Waals surface area (Å²) in [5.41, 5.74) is 2.45. The van der Waals surface area contributed by atoms with Crippen molar-refractivity contribution in [2.75, 3.05) is 6.61 Å². The van der Waals surface area contributed by atoms with E-state index in [-0.39, 0.29) is 17.5 Å². The molecule has 0 bridgehead atoms. The summed E-state index contributed by atoms with van der Waals surface area (Å²) < 4.78 is 33.3. The number of ether oxygens (including phenoxy) is 1. The van der Waals surface area contributed by atoms with Crippen molar-refractivity contribution in [2.45, 2.75) is 37.6 Å². The molecular formula is C20H23NO4S. The Morgan fingerprint density at radius 1 is 1.12 bits per heavy atom. The first kappa shape index (κ1) is 18.6. The van der Waals surface area contributed by atoms with Gasteiger partial charge in [0.25, 0.3) is 0 Å². The zero-order valence-electron chi connectivity index (χ0n) is 14.9. The van der Waals surface area contributed by atoms with E-state index in [1.165, 1.54) is 24.3 Å². The third-order valence-corrected chi connectivity index (χ3v) is 5.94. The van der Waals surface area contributed by atoms with E-state index in [0.29, 0.717) is 11.5 Å². The van der Waals surface area contributed by atoms with E-state index in [9.17, 15) is 13.2 Å². The van der Waals surface area contributed by atoms with Crippen molar-refractivity contribution >= 4 is 16.0 Å². The summed E-state index contributed by atoms with van der Waals surface area (Å²) in [6, 6.07) is 13.5. The Morgan fingerprint density at radius 2 is 1.73 bits per heavy atom. The second-order valence-corrected chi connectivity index (χ2v) is 8.31. The highest BCUT2D eigenvalue weighted by Crippen LogP contribution is 2.41. The second-order valence-electron chi connectivity index (χ2n) is 6.59. The van der Waals surface area contributed by atoms with Crippen LogP contribution in [0.1, 0.15) is 47.3 Å². The van der Waals surface area contributed by atoms with Gasteiger partial charge in [-0.3, -0.25) is 0 Å². The fourth-order valence-electron chi connectivity index (χ4n) is 2.86. The van der Waals surface area contributed by atoms with Gasteiger partial charge < -0.3 is 4.74 Å². The van der Waals surface area contributed by atoms with Crippen LogP contribution in [0.5, 0.6) is 0 Å². The lowest BCUT2D eigenvalue weighted by Gasteiger charge is -2.19. The molecule has 0 aromatic heterocycles. The minimum atomic E-state index is -3.68. The van der Waals surface area contributed by atoms with E-state index in [2.05, 4.69) is 4.72 Å². The van der Waals surface area contributed by atoms with Crippen molar-refractivity contribution in [3.05, 3.63) is 65.2 Å². The fraction of sp³-hybridized carbons (Fsp3) is 0.350. The molecule has 0 unspecified atom stereocenters. The molecule has 26 heavy (non-hydrogen) atoms. The maximum absolute atomic E-state index is 12.8. The van der Waals surface area contributed by atoms with Crippen LogP contribution in [0.3, 0.4) is 0 Å². The van der Waals surface area contributed by atoms with Gasteiger partial charge in [-0.05, 0) is 62.4 Å². The van der Waals surface area contributed by atoms with Crippen LogP contribution in [0, 0.1) is 12.8 Å². The van der Waals surface area contributed by atoms with Gasteiger partial charge in [-0.25, -0.2) is 17.9 Å². The standard InChI is InChI=1S/C20H23NO4S/c1-3-25-20(22)17-10-12-18(13-11-17)26(23,24)21-19(16-8-9-16)15-6-4-14(2)5-7-15/h4-7,10-13,16,19,21H,3,8-9H2,1-2H3/t19-/m1/s1. The Kier molecular flexibility index (Phi) is 5.44. The average molecular weight is 373 g/mol. The van der Waals surface area contributed by atoms with Crippen molar-refractivity contribution in [3.63, 3.8) is 0 Å². The minimum absolute atomic E-state index is 0.142. The number of carbonyl (C=O) groups excluding carboxylic acids is 1. The number of rotatable bonds is 7. The van der Waals surface area contributed by atoms with Crippen molar-refractivity contribution in [1.29, 1.82) is 0 Å². The third-order valence-electron chi connectivity index (χ3n) is 4.49. The Hall–Kier alpha value is -2.18. The summed E-state index contributed by atoms with van der Waals surface area (Å²) >= 11 is 0. The summed E-state index contributed by atoms with van der Waals surface area (Å²) in [5, 5.41) is 0. The molecule has 2 aromatic rings. The molecule has 0 amide bonds. The quantitative estimate of drug-likeness (QED) is 0.753. The molecule has 0 aliphatic heterocycles. The SMILES string of the molecule is CCOC(=O)c1ccc(S(=O)(=O)N[C@H](c2ccc(C)cc2)C2CC2)cc1. The molecule has 1 aliphatic carbocycles. The maximum atomic E-state index is 12.8. The topological polar surface area (TPSA) is 72.5 Å². The maximum Gasteiger partial charge on any atom is 0.338 e. The summed E-state index contributed by atoms with van der Waals surface area (Å²) in [5.74, 6) is -0.133. The summed E-state index contributed by atoms with van der Waals surface area (Å²) in [4.78, 5) is 11.8. The van der Waals surface area contributed by atoms with Crippen molar-refractivity contribution in [2.24, 2.45) is 5.92 Å². The number of benzene rings is 2. The molecule has 5 nitrogen and oxygen atoms in total. The van der Waals surface area contributed by atoms with Crippen LogP contribution in [0.15, 0.2) is 53.4 Å². The van der Waals surface area contributed by atoms with Crippen LogP contribution in [0.4, 0.5) is 0 Å². The van der Waals surface area contributed by atoms with Crippen LogP contribution < -0.4 is 4.72 Å². The zero-order chi connectivity index (χ0) is 18.7. The van der Waals surface area contributed by atoms with Crippen LogP contribution in [-0.2, 0) is 14.8 Å². The molecule has 1 fully saturated rings. The molecule has 138 valence electrons. The second kappa shape index (κ2) is 7.60. The van der Waals surface area contributed by atoms with Gasteiger partial charge in [0.05, 0.1) is 17.1 Å². The van der Waals surface area contributed by atoms with Gasteiger partial charge in [-0.2, -0.15) is 0 Å². The largest absolute Gasteiger partial charge is 0.462 e. The summed E-state index contributed by atoms with van der Waals surface area (Å²) in [6.07, 6.45) is 2.03. The van der Waals surface area contributed by atoms with Gasteiger partial charge in [-0.15, -0.1) is 0 Å². The van der Waals surface area contributed by atoms with Crippen molar-refractivity contribution in [3.8, 4) is 0 Å². The molecule has 3 rings (SSSR count). The Balaban J connectivity index is 1.80. The normalized spacial score (nSPS) is 15.5. The Bertz CT molecular complexity index is 869. The lowest BCUT2D eigenvalue weighted by molar-refractivity contribution is 0.0526. The van der Waals surface area contributed by atoms with Crippen molar-refractivity contribution < 1.29 is 17.9 Å². The molecule has 1 N–H and O–H groups in total. The molecule has 2 aromatic carbocycles. The molecule has 1 aliphatic rings. The van der Waals surface area contributed by atoms with E-state index in [4.69, 9.17) is 4.74 Å². The lowest BCUT2D eigenvalue weighted by atomic mass is 10.0. The van der Waals surface area contributed by atoms with Crippen LogP contribution in [0.25, 0.3) is 0 Å². The van der Waals surface area contributed by atoms with Crippen LogP contribution in [-0.4, -0.2) is 21.0 Å². The van der Waals surface area contributed by atoms with E-state index >= 15 is 0 Å². The van der Waals surface area contributed by atoms with Crippen LogP contribution in [0.2, 0.25) is 0 Å². The molecule has 1 atom stereocenters. The smallest absolute Gasteiger partial charge is 0.338 e. The Morgan fingerprint density at radius 3 is 2.27 bits per heavy atom. The van der Waals surface area contributed by atoms with E-state index < -0.39 is 16.0 Å². The number of nitrogens with one attached hydrogen (secondary N) is 1. The molecule has 0 radical (unpaired) electrons. The lowest BCUT2D eigenvalue weighted by Crippen LogP contribution is -2.30. The Labute approximate surface area is 154 Å². The molecule has 6 heteroatoms. The molecule has 0 spiro atoms. The minimum Gasteiger partial charge on any atom is -0.462 e. The molecule has 0 saturated heterocycles.